The Bertz CT molecular complexity index is 265. The summed E-state index contributed by atoms with van der Waals surface area (Å²) in [6.07, 6.45) is 0. The first-order valence-electron chi connectivity index (χ1n) is 5.31. The number of carbonyl (C=O) groups excluding carboxylic acids is 2. The lowest BCUT2D eigenvalue weighted by atomic mass is 10.3. The zero-order valence-corrected chi connectivity index (χ0v) is 10.5. The molecule has 0 saturated carbocycles. The molecule has 0 unspecified atom stereocenters. The maximum Gasteiger partial charge on any atom is 0.242 e. The molecular weight excluding hydrogens is 230 g/mol. The van der Waals surface area contributed by atoms with Crippen LogP contribution in [0.5, 0.6) is 0 Å². The SMILES string of the molecule is CN1CCN(C(=O)CN(C)C(=O)CCl)CC1. The topological polar surface area (TPSA) is 43.9 Å². The maximum absolute atomic E-state index is 11.8. The molecule has 92 valence electrons. The number of hydrogen-bond donors (Lipinski definition) is 0. The predicted molar refractivity (Wildman–Crippen MR) is 62.4 cm³/mol. The number of alkyl halides is 1. The van der Waals surface area contributed by atoms with Crippen LogP contribution in [0.4, 0.5) is 0 Å². The lowest BCUT2D eigenvalue weighted by Crippen LogP contribution is -2.50. The third-order valence-corrected chi connectivity index (χ3v) is 3.00. The Hall–Kier alpha value is -0.810. The lowest BCUT2D eigenvalue weighted by Gasteiger charge is -2.33. The van der Waals surface area contributed by atoms with Gasteiger partial charge in [-0.15, -0.1) is 11.6 Å². The molecule has 0 aliphatic carbocycles. The number of rotatable bonds is 3. The molecule has 1 aliphatic heterocycles. The molecule has 2 amide bonds. The fraction of sp³-hybridized carbons (Fsp3) is 0.800. The van der Waals surface area contributed by atoms with Gasteiger partial charge in [0, 0.05) is 33.2 Å². The second kappa shape index (κ2) is 6.06. The highest BCUT2D eigenvalue weighted by atomic mass is 35.5. The van der Waals surface area contributed by atoms with E-state index in [0.29, 0.717) is 0 Å². The summed E-state index contributed by atoms with van der Waals surface area (Å²) < 4.78 is 0. The Kier molecular flexibility index (Phi) is 5.02. The molecular formula is C10H18ClN3O2. The van der Waals surface area contributed by atoms with Crippen molar-refractivity contribution < 1.29 is 9.59 Å². The molecule has 0 atom stereocenters. The Labute approximate surface area is 101 Å². The van der Waals surface area contributed by atoms with E-state index in [9.17, 15) is 9.59 Å². The summed E-state index contributed by atoms with van der Waals surface area (Å²) in [6, 6.07) is 0. The fourth-order valence-electron chi connectivity index (χ4n) is 1.55. The highest BCUT2D eigenvalue weighted by molar-refractivity contribution is 6.27. The lowest BCUT2D eigenvalue weighted by molar-refractivity contribution is -0.139. The average molecular weight is 248 g/mol. The van der Waals surface area contributed by atoms with Gasteiger partial charge in [-0.25, -0.2) is 0 Å². The molecule has 5 nitrogen and oxygen atoms in total. The van der Waals surface area contributed by atoms with Crippen LogP contribution in [-0.2, 0) is 9.59 Å². The van der Waals surface area contributed by atoms with Crippen LogP contribution in [0.2, 0.25) is 0 Å². The maximum atomic E-state index is 11.8. The highest BCUT2D eigenvalue weighted by Gasteiger charge is 2.21. The van der Waals surface area contributed by atoms with Gasteiger partial charge in [0.1, 0.15) is 5.88 Å². The summed E-state index contributed by atoms with van der Waals surface area (Å²) >= 11 is 5.41. The van der Waals surface area contributed by atoms with Gasteiger partial charge in [0.15, 0.2) is 0 Å². The Balaban J connectivity index is 2.37. The summed E-state index contributed by atoms with van der Waals surface area (Å²) in [6.45, 7) is 3.36. The number of likely N-dealkylation sites (N-methyl/N-ethyl adjacent to an activating group) is 2. The van der Waals surface area contributed by atoms with E-state index in [2.05, 4.69) is 4.90 Å². The van der Waals surface area contributed by atoms with Crippen molar-refractivity contribution in [1.82, 2.24) is 14.7 Å². The monoisotopic (exact) mass is 247 g/mol. The standard InChI is InChI=1S/C10H18ClN3O2/c1-12-3-5-14(6-4-12)10(16)8-13(2)9(15)7-11/h3-8H2,1-2H3. The summed E-state index contributed by atoms with van der Waals surface area (Å²) in [5.41, 5.74) is 0. The molecule has 0 radical (unpaired) electrons. The van der Waals surface area contributed by atoms with Gasteiger partial charge in [-0.3, -0.25) is 9.59 Å². The van der Waals surface area contributed by atoms with Crippen molar-refractivity contribution in [3.63, 3.8) is 0 Å². The summed E-state index contributed by atoms with van der Waals surface area (Å²) in [7, 11) is 3.63. The van der Waals surface area contributed by atoms with Crippen molar-refractivity contribution in [2.24, 2.45) is 0 Å². The van der Waals surface area contributed by atoms with E-state index >= 15 is 0 Å². The molecule has 6 heteroatoms. The number of amides is 2. The molecule has 0 spiro atoms. The minimum absolute atomic E-state index is 0.00549. The quantitative estimate of drug-likeness (QED) is 0.629. The Morgan fingerprint density at radius 2 is 1.81 bits per heavy atom. The molecule has 0 aromatic rings. The van der Waals surface area contributed by atoms with E-state index in [-0.39, 0.29) is 24.2 Å². The third-order valence-electron chi connectivity index (χ3n) is 2.77. The molecule has 1 heterocycles. The van der Waals surface area contributed by atoms with E-state index in [1.807, 2.05) is 7.05 Å². The summed E-state index contributed by atoms with van der Waals surface area (Å²) in [5, 5.41) is 0. The van der Waals surface area contributed by atoms with Crippen LogP contribution in [0.3, 0.4) is 0 Å². The number of carbonyl (C=O) groups is 2. The fourth-order valence-corrected chi connectivity index (χ4v) is 1.75. The molecule has 0 aromatic heterocycles. The molecule has 0 aromatic carbocycles. The molecule has 1 rings (SSSR count). The van der Waals surface area contributed by atoms with E-state index in [4.69, 9.17) is 11.6 Å². The largest absolute Gasteiger partial charge is 0.339 e. The van der Waals surface area contributed by atoms with Crippen LogP contribution in [0.25, 0.3) is 0 Å². The zero-order chi connectivity index (χ0) is 12.1. The normalized spacial score (nSPS) is 17.3. The Morgan fingerprint density at radius 3 is 2.31 bits per heavy atom. The van der Waals surface area contributed by atoms with Gasteiger partial charge in [-0.1, -0.05) is 0 Å². The molecule has 1 saturated heterocycles. The first-order chi connectivity index (χ1) is 7.54. The minimum atomic E-state index is -0.218. The molecule has 0 N–H and O–H groups in total. The van der Waals surface area contributed by atoms with Crippen molar-refractivity contribution >= 4 is 23.4 Å². The van der Waals surface area contributed by atoms with Crippen molar-refractivity contribution in [2.45, 2.75) is 0 Å². The van der Waals surface area contributed by atoms with Crippen LogP contribution in [0.1, 0.15) is 0 Å². The van der Waals surface area contributed by atoms with Crippen LogP contribution in [-0.4, -0.2) is 79.2 Å². The van der Waals surface area contributed by atoms with Gasteiger partial charge in [0.05, 0.1) is 6.54 Å². The second-order valence-corrected chi connectivity index (χ2v) is 4.33. The summed E-state index contributed by atoms with van der Waals surface area (Å²) in [4.78, 5) is 28.3. The molecule has 16 heavy (non-hydrogen) atoms. The number of piperazine rings is 1. The van der Waals surface area contributed by atoms with Crippen LogP contribution >= 0.6 is 11.6 Å². The van der Waals surface area contributed by atoms with E-state index in [0.717, 1.165) is 26.2 Å². The van der Waals surface area contributed by atoms with Gasteiger partial charge < -0.3 is 14.7 Å². The van der Waals surface area contributed by atoms with Gasteiger partial charge in [0.25, 0.3) is 0 Å². The second-order valence-electron chi connectivity index (χ2n) is 4.07. The van der Waals surface area contributed by atoms with Gasteiger partial charge >= 0.3 is 0 Å². The zero-order valence-electron chi connectivity index (χ0n) is 9.78. The first kappa shape index (κ1) is 13.3. The molecule has 1 aliphatic rings. The van der Waals surface area contributed by atoms with Crippen molar-refractivity contribution in [3.05, 3.63) is 0 Å². The van der Waals surface area contributed by atoms with Crippen molar-refractivity contribution in [3.8, 4) is 0 Å². The smallest absolute Gasteiger partial charge is 0.242 e. The van der Waals surface area contributed by atoms with Gasteiger partial charge in [-0.05, 0) is 7.05 Å². The van der Waals surface area contributed by atoms with Gasteiger partial charge in [0.2, 0.25) is 11.8 Å². The summed E-state index contributed by atoms with van der Waals surface area (Å²) in [5.74, 6) is -0.301. The van der Waals surface area contributed by atoms with Crippen molar-refractivity contribution in [2.75, 3.05) is 52.7 Å². The molecule has 0 bridgehead atoms. The van der Waals surface area contributed by atoms with Crippen LogP contribution in [0, 0.1) is 0 Å². The number of halogens is 1. The first-order valence-corrected chi connectivity index (χ1v) is 5.84. The van der Waals surface area contributed by atoms with Crippen LogP contribution < -0.4 is 0 Å². The highest BCUT2D eigenvalue weighted by Crippen LogP contribution is 2.01. The molecule has 1 fully saturated rings. The number of nitrogens with zero attached hydrogens (tertiary/aromatic N) is 3. The van der Waals surface area contributed by atoms with Gasteiger partial charge in [-0.2, -0.15) is 0 Å². The van der Waals surface area contributed by atoms with Crippen LogP contribution in [0.15, 0.2) is 0 Å². The Morgan fingerprint density at radius 1 is 1.25 bits per heavy atom. The number of hydrogen-bond acceptors (Lipinski definition) is 3. The van der Waals surface area contributed by atoms with Crippen molar-refractivity contribution in [1.29, 1.82) is 0 Å². The minimum Gasteiger partial charge on any atom is -0.339 e. The predicted octanol–water partition coefficient (Wildman–Crippen LogP) is -0.542. The van der Waals surface area contributed by atoms with E-state index < -0.39 is 0 Å². The third kappa shape index (κ3) is 3.64. The average Bonchev–Trinajstić information content (AvgIpc) is 2.28. The van der Waals surface area contributed by atoms with E-state index in [1.165, 1.54) is 4.90 Å². The van der Waals surface area contributed by atoms with E-state index in [1.54, 1.807) is 11.9 Å².